The number of carbonyl (C=O) groups excluding carboxylic acids is 1. The molecule has 0 unspecified atom stereocenters. The molecular weight excluding hydrogens is 388 g/mol. The van der Waals surface area contributed by atoms with Crippen LogP contribution >= 0.6 is 0 Å². The monoisotopic (exact) mass is 416 g/mol. The van der Waals surface area contributed by atoms with Crippen LogP contribution in [-0.2, 0) is 16.0 Å². The molecule has 0 radical (unpaired) electrons. The van der Waals surface area contributed by atoms with Gasteiger partial charge in [0.05, 0.1) is 0 Å². The van der Waals surface area contributed by atoms with Crippen LogP contribution < -0.4 is 4.74 Å². The van der Waals surface area contributed by atoms with E-state index < -0.39 is 5.97 Å². The van der Waals surface area contributed by atoms with E-state index in [9.17, 15) is 4.79 Å². The average molecular weight is 417 g/mol. The van der Waals surface area contributed by atoms with E-state index in [4.69, 9.17) is 14.6 Å². The Morgan fingerprint density at radius 1 is 0.903 bits per heavy atom. The first kappa shape index (κ1) is 22.3. The molecule has 3 rings (SSSR count). The van der Waals surface area contributed by atoms with Crippen LogP contribution in [0, 0.1) is 0 Å². The van der Waals surface area contributed by atoms with Crippen LogP contribution in [0.3, 0.4) is 0 Å². The molecule has 160 valence electrons. The normalized spacial score (nSPS) is 10.5. The minimum absolute atomic E-state index is 0.154. The summed E-state index contributed by atoms with van der Waals surface area (Å²) in [5, 5.41) is 9.03. The molecule has 0 spiro atoms. The maximum Gasteiger partial charge on any atom is 0.333 e. The Balaban J connectivity index is 1.83. The Labute approximate surface area is 183 Å². The highest BCUT2D eigenvalue weighted by Gasteiger charge is 2.10. The summed E-state index contributed by atoms with van der Waals surface area (Å²) in [5.74, 6) is 0.316. The molecule has 0 saturated heterocycles. The van der Waals surface area contributed by atoms with E-state index in [2.05, 4.69) is 55.1 Å². The summed E-state index contributed by atoms with van der Waals surface area (Å²) in [4.78, 5) is 11.6. The number of hydrogen-bond donors (Lipinski definition) is 1. The first-order valence-corrected chi connectivity index (χ1v) is 10.4. The molecule has 1 N–H and O–H groups in total. The Hall–Kier alpha value is -3.37. The highest BCUT2D eigenvalue weighted by Crippen LogP contribution is 2.34. The topological polar surface area (TPSA) is 55.8 Å². The van der Waals surface area contributed by atoms with E-state index >= 15 is 0 Å². The van der Waals surface area contributed by atoms with Crippen molar-refractivity contribution >= 4 is 5.97 Å². The molecule has 0 aliphatic rings. The number of benzene rings is 3. The molecule has 0 aromatic heterocycles. The van der Waals surface area contributed by atoms with Gasteiger partial charge >= 0.3 is 5.97 Å². The molecule has 3 aromatic rings. The van der Waals surface area contributed by atoms with Gasteiger partial charge in [0.2, 0.25) is 0 Å². The third-order valence-corrected chi connectivity index (χ3v) is 4.90. The SMILES string of the molecule is C=C(C)C(=O)OCCOc1cc(-c2ccccc2)ccc1-c1ccc(CCCO)cc1. The molecule has 0 fully saturated rings. The van der Waals surface area contributed by atoms with Crippen molar-refractivity contribution in [3.8, 4) is 28.0 Å². The van der Waals surface area contributed by atoms with Gasteiger partial charge < -0.3 is 14.6 Å². The van der Waals surface area contributed by atoms with Gasteiger partial charge in [-0.25, -0.2) is 4.79 Å². The van der Waals surface area contributed by atoms with Crippen LogP contribution in [0.2, 0.25) is 0 Å². The van der Waals surface area contributed by atoms with Gasteiger partial charge in [-0.3, -0.25) is 0 Å². The first-order valence-electron chi connectivity index (χ1n) is 10.4. The van der Waals surface area contributed by atoms with Gasteiger partial charge in [0, 0.05) is 17.7 Å². The molecule has 0 saturated carbocycles. The van der Waals surface area contributed by atoms with E-state index in [1.54, 1.807) is 6.92 Å². The van der Waals surface area contributed by atoms with E-state index in [-0.39, 0.29) is 19.8 Å². The maximum absolute atomic E-state index is 11.6. The van der Waals surface area contributed by atoms with E-state index in [1.165, 1.54) is 5.56 Å². The van der Waals surface area contributed by atoms with Crippen molar-refractivity contribution in [1.82, 2.24) is 0 Å². The molecule has 0 aliphatic carbocycles. The van der Waals surface area contributed by atoms with Crippen LogP contribution in [0.5, 0.6) is 5.75 Å². The van der Waals surface area contributed by atoms with Crippen LogP contribution in [0.1, 0.15) is 18.9 Å². The number of aryl methyl sites for hydroxylation is 1. The van der Waals surface area contributed by atoms with Crippen molar-refractivity contribution in [2.45, 2.75) is 19.8 Å². The van der Waals surface area contributed by atoms with Crippen molar-refractivity contribution < 1.29 is 19.4 Å². The molecule has 0 heterocycles. The van der Waals surface area contributed by atoms with Crippen molar-refractivity contribution in [2.75, 3.05) is 19.8 Å². The summed E-state index contributed by atoms with van der Waals surface area (Å²) in [6.45, 7) is 5.80. The molecule has 4 heteroatoms. The van der Waals surface area contributed by atoms with Gasteiger partial charge in [0.1, 0.15) is 19.0 Å². The third-order valence-electron chi connectivity index (χ3n) is 4.90. The van der Waals surface area contributed by atoms with Crippen molar-refractivity contribution in [1.29, 1.82) is 0 Å². The minimum atomic E-state index is -0.416. The maximum atomic E-state index is 11.6. The summed E-state index contributed by atoms with van der Waals surface area (Å²) in [6, 6.07) is 24.6. The van der Waals surface area contributed by atoms with Gasteiger partial charge in [0.15, 0.2) is 0 Å². The number of hydrogen-bond acceptors (Lipinski definition) is 4. The van der Waals surface area contributed by atoms with Crippen molar-refractivity contribution in [3.63, 3.8) is 0 Å². The van der Waals surface area contributed by atoms with Crippen LogP contribution in [0.15, 0.2) is 84.9 Å². The predicted molar refractivity (Wildman–Crippen MR) is 124 cm³/mol. The van der Waals surface area contributed by atoms with E-state index in [0.29, 0.717) is 5.57 Å². The molecule has 0 atom stereocenters. The van der Waals surface area contributed by atoms with Crippen LogP contribution in [0.4, 0.5) is 0 Å². The molecule has 31 heavy (non-hydrogen) atoms. The number of rotatable bonds is 10. The molecule has 4 nitrogen and oxygen atoms in total. The van der Waals surface area contributed by atoms with Gasteiger partial charge in [0.25, 0.3) is 0 Å². The average Bonchev–Trinajstić information content (AvgIpc) is 2.81. The highest BCUT2D eigenvalue weighted by atomic mass is 16.6. The Bertz CT molecular complexity index is 1010. The third kappa shape index (κ3) is 6.30. The Morgan fingerprint density at radius 3 is 2.29 bits per heavy atom. The molecule has 0 amide bonds. The minimum Gasteiger partial charge on any atom is -0.489 e. The fourth-order valence-electron chi connectivity index (χ4n) is 3.23. The lowest BCUT2D eigenvalue weighted by atomic mass is 9.98. The predicted octanol–water partition coefficient (Wildman–Crippen LogP) is 5.44. The zero-order valence-electron chi connectivity index (χ0n) is 17.8. The number of aliphatic hydroxyl groups is 1. The van der Waals surface area contributed by atoms with E-state index in [1.807, 2.05) is 24.3 Å². The van der Waals surface area contributed by atoms with Gasteiger partial charge in [-0.15, -0.1) is 0 Å². The molecule has 3 aromatic carbocycles. The Morgan fingerprint density at radius 2 is 1.61 bits per heavy atom. The lowest BCUT2D eigenvalue weighted by molar-refractivity contribution is -0.139. The molecule has 0 bridgehead atoms. The highest BCUT2D eigenvalue weighted by molar-refractivity contribution is 5.86. The fourth-order valence-corrected chi connectivity index (χ4v) is 3.23. The Kier molecular flexibility index (Phi) is 8.02. The lowest BCUT2D eigenvalue weighted by Crippen LogP contribution is -2.12. The summed E-state index contributed by atoms with van der Waals surface area (Å²) >= 11 is 0. The second-order valence-corrected chi connectivity index (χ2v) is 7.37. The zero-order valence-corrected chi connectivity index (χ0v) is 17.8. The zero-order chi connectivity index (χ0) is 22.1. The number of ether oxygens (including phenoxy) is 2. The standard InChI is InChI=1S/C27H28O4/c1-20(2)27(29)31-18-17-30-26-19-24(22-8-4-3-5-9-22)14-15-25(26)23-12-10-21(11-13-23)7-6-16-28/h3-5,8-15,19,28H,1,6-7,16-18H2,2H3. The summed E-state index contributed by atoms with van der Waals surface area (Å²) in [6.07, 6.45) is 1.60. The van der Waals surface area contributed by atoms with Gasteiger partial charge in [-0.1, -0.05) is 73.3 Å². The second kappa shape index (κ2) is 11.1. The summed E-state index contributed by atoms with van der Waals surface area (Å²) < 4.78 is 11.2. The lowest BCUT2D eigenvalue weighted by Gasteiger charge is -2.15. The molecule has 0 aliphatic heterocycles. The number of aliphatic hydroxyl groups excluding tert-OH is 1. The van der Waals surface area contributed by atoms with Crippen LogP contribution in [-0.4, -0.2) is 30.9 Å². The van der Waals surface area contributed by atoms with Crippen molar-refractivity contribution in [3.05, 3.63) is 90.5 Å². The summed E-state index contributed by atoms with van der Waals surface area (Å²) in [5.41, 5.74) is 5.73. The summed E-state index contributed by atoms with van der Waals surface area (Å²) in [7, 11) is 0. The van der Waals surface area contributed by atoms with Gasteiger partial charge in [-0.2, -0.15) is 0 Å². The number of carbonyl (C=O) groups is 1. The molecular formula is C27H28O4. The fraction of sp³-hybridized carbons (Fsp3) is 0.222. The smallest absolute Gasteiger partial charge is 0.333 e. The quantitative estimate of drug-likeness (QED) is 0.271. The van der Waals surface area contributed by atoms with E-state index in [0.717, 1.165) is 40.8 Å². The number of esters is 1. The largest absolute Gasteiger partial charge is 0.489 e. The second-order valence-electron chi connectivity index (χ2n) is 7.37. The first-order chi connectivity index (χ1) is 15.1. The van der Waals surface area contributed by atoms with Crippen molar-refractivity contribution in [2.24, 2.45) is 0 Å². The van der Waals surface area contributed by atoms with Crippen LogP contribution in [0.25, 0.3) is 22.3 Å². The van der Waals surface area contributed by atoms with Gasteiger partial charge in [-0.05, 0) is 48.1 Å².